The maximum Gasteiger partial charge on any atom is 0.340 e. The number of Topliss-reactive ketones (excluding diaryl/α,β-unsaturated/α-hetero) is 1. The highest BCUT2D eigenvalue weighted by atomic mass is 35.5. The predicted octanol–water partition coefficient (Wildman–Crippen LogP) is 3.30. The Morgan fingerprint density at radius 1 is 1.22 bits per heavy atom. The molecule has 0 radical (unpaired) electrons. The van der Waals surface area contributed by atoms with E-state index in [4.69, 9.17) is 27.9 Å². The lowest BCUT2D eigenvalue weighted by Crippen LogP contribution is -2.28. The number of ketones is 1. The molecule has 10 heteroatoms. The fraction of sp³-hybridized carbons (Fsp3) is 0.294. The number of aromatic nitrogens is 1. The smallest absolute Gasteiger partial charge is 0.340 e. The molecule has 146 valence electrons. The Balaban J connectivity index is 2.21. The average molecular weight is 433 g/mol. The van der Waals surface area contributed by atoms with Crippen molar-refractivity contribution in [2.45, 2.75) is 18.7 Å². The molecule has 0 spiro atoms. The van der Waals surface area contributed by atoms with Crippen LogP contribution in [0, 0.1) is 5.92 Å². The molecule has 27 heavy (non-hydrogen) atoms. The molecule has 0 saturated heterocycles. The van der Waals surface area contributed by atoms with Crippen molar-refractivity contribution >= 4 is 45.0 Å². The summed E-state index contributed by atoms with van der Waals surface area (Å²) in [5, 5.41) is -0.213. The van der Waals surface area contributed by atoms with Crippen molar-refractivity contribution in [2.24, 2.45) is 5.92 Å². The molecular formula is C17H18Cl2N2O5S. The summed E-state index contributed by atoms with van der Waals surface area (Å²) in [4.78, 5) is 26.6. The normalized spacial score (nSPS) is 11.6. The molecule has 0 unspecified atom stereocenters. The van der Waals surface area contributed by atoms with Crippen LogP contribution in [-0.4, -0.2) is 38.3 Å². The predicted molar refractivity (Wildman–Crippen MR) is 102 cm³/mol. The van der Waals surface area contributed by atoms with Gasteiger partial charge in [-0.05, 0) is 30.2 Å². The summed E-state index contributed by atoms with van der Waals surface area (Å²) >= 11 is 12.0. The monoisotopic (exact) mass is 432 g/mol. The van der Waals surface area contributed by atoms with Crippen molar-refractivity contribution in [3.63, 3.8) is 0 Å². The van der Waals surface area contributed by atoms with Crippen molar-refractivity contribution in [1.82, 2.24) is 9.71 Å². The summed E-state index contributed by atoms with van der Waals surface area (Å²) in [7, 11) is -3.95. The van der Waals surface area contributed by atoms with Crippen LogP contribution in [0.1, 0.15) is 34.7 Å². The van der Waals surface area contributed by atoms with E-state index in [0.717, 1.165) is 12.1 Å². The highest BCUT2D eigenvalue weighted by Crippen LogP contribution is 2.29. The van der Waals surface area contributed by atoms with E-state index in [1.54, 1.807) is 12.3 Å². The van der Waals surface area contributed by atoms with E-state index < -0.39 is 28.4 Å². The largest absolute Gasteiger partial charge is 0.454 e. The number of carbonyl (C=O) groups is 2. The van der Waals surface area contributed by atoms with Crippen LogP contribution < -0.4 is 4.72 Å². The Morgan fingerprint density at radius 2 is 1.93 bits per heavy atom. The van der Waals surface area contributed by atoms with Crippen LogP contribution in [0.5, 0.6) is 0 Å². The van der Waals surface area contributed by atoms with E-state index in [1.165, 1.54) is 6.07 Å². The fourth-order valence-electron chi connectivity index (χ4n) is 2.04. The maximum atomic E-state index is 12.4. The van der Waals surface area contributed by atoms with Crippen LogP contribution in [0.25, 0.3) is 0 Å². The topological polar surface area (TPSA) is 105 Å². The molecule has 7 nitrogen and oxygen atoms in total. The molecule has 0 aliphatic heterocycles. The number of hydrogen-bond acceptors (Lipinski definition) is 5. The minimum atomic E-state index is -3.95. The summed E-state index contributed by atoms with van der Waals surface area (Å²) in [6, 6.07) is 5.36. The van der Waals surface area contributed by atoms with Crippen molar-refractivity contribution in [2.75, 3.05) is 13.2 Å². The third-order valence-electron chi connectivity index (χ3n) is 3.45. The maximum absolute atomic E-state index is 12.4. The van der Waals surface area contributed by atoms with Crippen molar-refractivity contribution in [3.8, 4) is 0 Å². The lowest BCUT2D eigenvalue weighted by atomic mass is 10.2. The first-order valence-electron chi connectivity index (χ1n) is 7.94. The molecule has 1 aromatic carbocycles. The highest BCUT2D eigenvalue weighted by Gasteiger charge is 2.24. The lowest BCUT2D eigenvalue weighted by molar-refractivity contribution is 0.0473. The molecule has 2 rings (SSSR count). The van der Waals surface area contributed by atoms with E-state index in [1.807, 2.05) is 13.8 Å². The third-order valence-corrected chi connectivity index (χ3v) is 5.65. The molecule has 0 fully saturated rings. The summed E-state index contributed by atoms with van der Waals surface area (Å²) in [6.07, 6.45) is 1.56. The van der Waals surface area contributed by atoms with Gasteiger partial charge in [0.25, 0.3) is 0 Å². The van der Waals surface area contributed by atoms with Crippen LogP contribution in [0.3, 0.4) is 0 Å². The minimum absolute atomic E-state index is 0.0780. The molecule has 2 N–H and O–H groups in total. The zero-order valence-corrected chi connectivity index (χ0v) is 16.9. The van der Waals surface area contributed by atoms with Crippen molar-refractivity contribution in [1.29, 1.82) is 0 Å². The van der Waals surface area contributed by atoms with Crippen LogP contribution in [-0.2, 0) is 14.8 Å². The molecule has 2 aromatic rings. The van der Waals surface area contributed by atoms with Crippen LogP contribution in [0.15, 0.2) is 35.4 Å². The van der Waals surface area contributed by atoms with Gasteiger partial charge in [0.05, 0.1) is 21.3 Å². The second-order valence-corrected chi connectivity index (χ2v) is 8.64. The molecule has 1 heterocycles. The molecule has 1 aromatic heterocycles. The van der Waals surface area contributed by atoms with Crippen LogP contribution >= 0.6 is 23.2 Å². The van der Waals surface area contributed by atoms with Gasteiger partial charge in [0.2, 0.25) is 15.8 Å². The summed E-state index contributed by atoms with van der Waals surface area (Å²) in [5.41, 5.74) is 0.0800. The first kappa shape index (κ1) is 21.4. The van der Waals surface area contributed by atoms with E-state index in [2.05, 4.69) is 9.71 Å². The number of halogens is 2. The molecule has 0 aliphatic carbocycles. The number of esters is 1. The number of nitrogens with one attached hydrogen (secondary N) is 2. The number of aromatic amines is 1. The molecule has 0 amide bonds. The van der Waals surface area contributed by atoms with Gasteiger partial charge in [-0.2, -0.15) is 0 Å². The number of carbonyl (C=O) groups excluding carboxylic acids is 2. The van der Waals surface area contributed by atoms with Gasteiger partial charge >= 0.3 is 5.97 Å². The minimum Gasteiger partial charge on any atom is -0.454 e. The zero-order valence-electron chi connectivity index (χ0n) is 14.6. The van der Waals surface area contributed by atoms with Gasteiger partial charge in [0.15, 0.2) is 6.61 Å². The molecule has 0 aliphatic rings. The summed E-state index contributed by atoms with van der Waals surface area (Å²) < 4.78 is 32.2. The van der Waals surface area contributed by atoms with Crippen LogP contribution in [0.2, 0.25) is 10.0 Å². The number of hydrogen-bond donors (Lipinski definition) is 2. The number of benzene rings is 1. The molecule has 0 bridgehead atoms. The quantitative estimate of drug-likeness (QED) is 0.491. The highest BCUT2D eigenvalue weighted by molar-refractivity contribution is 7.89. The Hall–Kier alpha value is -1.87. The van der Waals surface area contributed by atoms with Crippen LogP contribution in [0.4, 0.5) is 0 Å². The third kappa shape index (κ3) is 5.55. The Bertz CT molecular complexity index is 940. The molecule has 0 atom stereocenters. The Labute approximate surface area is 167 Å². The molecular weight excluding hydrogens is 415 g/mol. The van der Waals surface area contributed by atoms with Crippen molar-refractivity contribution < 1.29 is 22.7 Å². The van der Waals surface area contributed by atoms with E-state index in [0.29, 0.717) is 0 Å². The Morgan fingerprint density at radius 3 is 2.52 bits per heavy atom. The standard InChI is InChI=1S/C17H18Cl2N2O5S/c1-10(2)8-21-27(24,25)16-6-11(12(18)7-13(16)19)17(23)26-9-15(22)14-4-3-5-20-14/h3-7,10,20-21H,8-9H2,1-2H3. The van der Waals surface area contributed by atoms with Gasteiger partial charge in [-0.3, -0.25) is 4.79 Å². The van der Waals surface area contributed by atoms with E-state index >= 15 is 0 Å². The number of H-pyrrole nitrogens is 1. The van der Waals surface area contributed by atoms with Gasteiger partial charge in [-0.1, -0.05) is 37.0 Å². The Kier molecular flexibility index (Phi) is 7.05. The second kappa shape index (κ2) is 8.88. The van der Waals surface area contributed by atoms with Crippen molar-refractivity contribution in [3.05, 3.63) is 51.8 Å². The first-order valence-corrected chi connectivity index (χ1v) is 10.2. The summed E-state index contributed by atoms with van der Waals surface area (Å²) in [5.74, 6) is -1.30. The van der Waals surface area contributed by atoms with Gasteiger partial charge in [0.1, 0.15) is 4.90 Å². The van der Waals surface area contributed by atoms with Gasteiger partial charge in [-0.15, -0.1) is 0 Å². The fourth-order valence-corrected chi connectivity index (χ4v) is 4.10. The van der Waals surface area contributed by atoms with Gasteiger partial charge in [-0.25, -0.2) is 17.9 Å². The zero-order chi connectivity index (χ0) is 20.2. The van der Waals surface area contributed by atoms with Gasteiger partial charge in [0, 0.05) is 12.7 Å². The SMILES string of the molecule is CC(C)CNS(=O)(=O)c1cc(C(=O)OCC(=O)c2ccc[nH]2)c(Cl)cc1Cl. The first-order chi connectivity index (χ1) is 12.6. The average Bonchev–Trinajstić information content (AvgIpc) is 3.12. The second-order valence-electron chi connectivity index (χ2n) is 6.09. The molecule has 0 saturated carbocycles. The van der Waals surface area contributed by atoms with E-state index in [-0.39, 0.29) is 38.7 Å². The number of sulfonamides is 1. The number of ether oxygens (including phenoxy) is 1. The summed E-state index contributed by atoms with van der Waals surface area (Å²) in [6.45, 7) is 3.36. The van der Waals surface area contributed by atoms with E-state index in [9.17, 15) is 18.0 Å². The lowest BCUT2D eigenvalue weighted by Gasteiger charge is -2.12. The van der Waals surface area contributed by atoms with Gasteiger partial charge < -0.3 is 9.72 Å². The number of rotatable bonds is 8.